The van der Waals surface area contributed by atoms with Gasteiger partial charge in [-0.05, 0) is 42.7 Å². The molecule has 3 unspecified atom stereocenters. The first kappa shape index (κ1) is 10.1. The topological polar surface area (TPSA) is 3.24 Å². The number of hydrogen-bond acceptors (Lipinski definition) is 1. The van der Waals surface area contributed by atoms with Crippen LogP contribution in [0.15, 0.2) is 24.3 Å². The maximum Gasteiger partial charge on any atom is 0.0358 e. The van der Waals surface area contributed by atoms with E-state index in [0.717, 1.165) is 18.0 Å². The van der Waals surface area contributed by atoms with Crippen LogP contribution in [-0.2, 0) is 6.54 Å². The Labute approximate surface area is 104 Å². The molecule has 17 heavy (non-hydrogen) atoms. The second-order valence-electron chi connectivity index (χ2n) is 6.08. The quantitative estimate of drug-likeness (QED) is 0.650. The Morgan fingerprint density at radius 3 is 2.82 bits per heavy atom. The summed E-state index contributed by atoms with van der Waals surface area (Å²) in [5.41, 5.74) is 3.24. The van der Waals surface area contributed by atoms with Crippen LogP contribution in [0.2, 0.25) is 0 Å². The van der Waals surface area contributed by atoms with Crippen molar-refractivity contribution in [2.45, 2.75) is 57.2 Å². The zero-order valence-corrected chi connectivity index (χ0v) is 10.4. The zero-order valence-electron chi connectivity index (χ0n) is 10.4. The first-order valence-electron chi connectivity index (χ1n) is 7.27. The van der Waals surface area contributed by atoms with Gasteiger partial charge in [0.05, 0.1) is 0 Å². The van der Waals surface area contributed by atoms with Gasteiger partial charge in [-0.15, -0.1) is 0 Å². The van der Waals surface area contributed by atoms with E-state index in [1.807, 2.05) is 0 Å². The summed E-state index contributed by atoms with van der Waals surface area (Å²) in [6.07, 6.45) is 8.76. The SMILES string of the molecule is c1ccc2c(c1)CN1C2CCC2CCCCC21. The number of benzene rings is 1. The summed E-state index contributed by atoms with van der Waals surface area (Å²) in [5, 5.41) is 0. The molecule has 1 heteroatoms. The van der Waals surface area contributed by atoms with Gasteiger partial charge >= 0.3 is 0 Å². The summed E-state index contributed by atoms with van der Waals surface area (Å²) < 4.78 is 0. The lowest BCUT2D eigenvalue weighted by Crippen LogP contribution is -2.45. The second-order valence-corrected chi connectivity index (χ2v) is 6.08. The zero-order chi connectivity index (χ0) is 11.2. The summed E-state index contributed by atoms with van der Waals surface area (Å²) in [5.74, 6) is 1.01. The van der Waals surface area contributed by atoms with Crippen molar-refractivity contribution in [1.29, 1.82) is 0 Å². The third-order valence-corrected chi connectivity index (χ3v) is 5.27. The van der Waals surface area contributed by atoms with Crippen molar-refractivity contribution in [3.05, 3.63) is 35.4 Å². The molecule has 2 aliphatic heterocycles. The molecular formula is C16H21N. The van der Waals surface area contributed by atoms with E-state index in [2.05, 4.69) is 29.2 Å². The summed E-state index contributed by atoms with van der Waals surface area (Å²) in [4.78, 5) is 2.83. The largest absolute Gasteiger partial charge is 0.289 e. The Bertz CT molecular complexity index is 425. The molecule has 1 aromatic rings. The van der Waals surface area contributed by atoms with Crippen LogP contribution in [0.3, 0.4) is 0 Å². The molecule has 90 valence electrons. The Hall–Kier alpha value is -0.820. The van der Waals surface area contributed by atoms with Gasteiger partial charge < -0.3 is 0 Å². The highest BCUT2D eigenvalue weighted by Crippen LogP contribution is 2.48. The van der Waals surface area contributed by atoms with Gasteiger partial charge in [0.15, 0.2) is 0 Å². The molecule has 0 aromatic heterocycles. The smallest absolute Gasteiger partial charge is 0.0358 e. The fourth-order valence-electron chi connectivity index (χ4n) is 4.49. The van der Waals surface area contributed by atoms with Gasteiger partial charge in [0.25, 0.3) is 0 Å². The van der Waals surface area contributed by atoms with Crippen molar-refractivity contribution < 1.29 is 0 Å². The monoisotopic (exact) mass is 227 g/mol. The third kappa shape index (κ3) is 1.48. The molecule has 0 radical (unpaired) electrons. The number of nitrogens with zero attached hydrogens (tertiary/aromatic N) is 1. The third-order valence-electron chi connectivity index (χ3n) is 5.27. The molecule has 0 amide bonds. The Morgan fingerprint density at radius 1 is 0.941 bits per heavy atom. The molecule has 1 aromatic carbocycles. The summed E-state index contributed by atoms with van der Waals surface area (Å²) in [6.45, 7) is 1.22. The highest BCUT2D eigenvalue weighted by molar-refractivity contribution is 5.35. The summed E-state index contributed by atoms with van der Waals surface area (Å²) in [7, 11) is 0. The van der Waals surface area contributed by atoms with E-state index in [1.165, 1.54) is 45.1 Å². The molecule has 0 bridgehead atoms. The van der Waals surface area contributed by atoms with E-state index in [0.29, 0.717) is 0 Å². The van der Waals surface area contributed by atoms with Crippen molar-refractivity contribution in [2.24, 2.45) is 5.92 Å². The van der Waals surface area contributed by atoms with E-state index in [4.69, 9.17) is 0 Å². The first-order valence-corrected chi connectivity index (χ1v) is 7.27. The van der Waals surface area contributed by atoms with Crippen molar-refractivity contribution in [3.63, 3.8) is 0 Å². The van der Waals surface area contributed by atoms with Crippen molar-refractivity contribution in [2.75, 3.05) is 0 Å². The molecule has 4 rings (SSSR count). The molecule has 3 atom stereocenters. The summed E-state index contributed by atoms with van der Waals surface area (Å²) in [6, 6.07) is 10.8. The molecule has 0 spiro atoms. The maximum absolute atomic E-state index is 2.83. The minimum Gasteiger partial charge on any atom is -0.289 e. The molecule has 1 saturated carbocycles. The van der Waals surface area contributed by atoms with Crippen LogP contribution in [-0.4, -0.2) is 10.9 Å². The van der Waals surface area contributed by atoms with E-state index in [1.54, 1.807) is 11.1 Å². The lowest BCUT2D eigenvalue weighted by atomic mass is 9.76. The second kappa shape index (κ2) is 3.84. The number of fused-ring (bicyclic) bond motifs is 5. The van der Waals surface area contributed by atoms with Crippen LogP contribution in [0, 0.1) is 5.92 Å². The number of hydrogen-bond donors (Lipinski definition) is 0. The van der Waals surface area contributed by atoms with Gasteiger partial charge in [-0.2, -0.15) is 0 Å². The van der Waals surface area contributed by atoms with E-state index < -0.39 is 0 Å². The first-order chi connectivity index (χ1) is 8.43. The van der Waals surface area contributed by atoms with E-state index in [-0.39, 0.29) is 0 Å². The standard InChI is InChI=1S/C16H21N/c1-3-7-14-13(6-1)11-17-15-8-4-2-5-12(15)9-10-16(14)17/h1,3,6-7,12,15-16H,2,4-5,8-11H2. The van der Waals surface area contributed by atoms with E-state index in [9.17, 15) is 0 Å². The summed E-state index contributed by atoms with van der Waals surface area (Å²) >= 11 is 0. The van der Waals surface area contributed by atoms with Crippen molar-refractivity contribution in [3.8, 4) is 0 Å². The molecule has 2 fully saturated rings. The average molecular weight is 227 g/mol. The Balaban J connectivity index is 1.68. The molecule has 0 N–H and O–H groups in total. The van der Waals surface area contributed by atoms with Gasteiger partial charge in [-0.25, -0.2) is 0 Å². The normalized spacial score (nSPS) is 36.1. The van der Waals surface area contributed by atoms with Crippen LogP contribution in [0.1, 0.15) is 55.7 Å². The van der Waals surface area contributed by atoms with Gasteiger partial charge in [-0.1, -0.05) is 37.1 Å². The molecule has 1 saturated heterocycles. The number of piperidine rings is 1. The van der Waals surface area contributed by atoms with Gasteiger partial charge in [0.2, 0.25) is 0 Å². The fraction of sp³-hybridized carbons (Fsp3) is 0.625. The van der Waals surface area contributed by atoms with Gasteiger partial charge in [0.1, 0.15) is 0 Å². The highest BCUT2D eigenvalue weighted by atomic mass is 15.2. The minimum atomic E-state index is 0.755. The van der Waals surface area contributed by atoms with Crippen LogP contribution in [0.25, 0.3) is 0 Å². The lowest BCUT2D eigenvalue weighted by molar-refractivity contribution is 0.0210. The minimum absolute atomic E-state index is 0.755. The predicted molar refractivity (Wildman–Crippen MR) is 69.7 cm³/mol. The maximum atomic E-state index is 2.83. The highest BCUT2D eigenvalue weighted by Gasteiger charge is 2.42. The van der Waals surface area contributed by atoms with Gasteiger partial charge in [0, 0.05) is 18.6 Å². The van der Waals surface area contributed by atoms with E-state index >= 15 is 0 Å². The number of rotatable bonds is 0. The molecule has 2 heterocycles. The molecule has 1 aliphatic carbocycles. The predicted octanol–water partition coefficient (Wildman–Crippen LogP) is 3.90. The fourth-order valence-corrected chi connectivity index (χ4v) is 4.49. The van der Waals surface area contributed by atoms with Gasteiger partial charge in [-0.3, -0.25) is 4.90 Å². The Kier molecular flexibility index (Phi) is 2.29. The molecule has 3 aliphatic rings. The van der Waals surface area contributed by atoms with Crippen molar-refractivity contribution in [1.82, 2.24) is 4.90 Å². The lowest BCUT2D eigenvalue weighted by Gasteiger charge is -2.45. The van der Waals surface area contributed by atoms with Crippen LogP contribution < -0.4 is 0 Å². The average Bonchev–Trinajstić information content (AvgIpc) is 2.78. The molecule has 1 nitrogen and oxygen atoms in total. The van der Waals surface area contributed by atoms with Crippen LogP contribution in [0.5, 0.6) is 0 Å². The van der Waals surface area contributed by atoms with Crippen LogP contribution in [0.4, 0.5) is 0 Å². The van der Waals surface area contributed by atoms with Crippen LogP contribution >= 0.6 is 0 Å². The molecular weight excluding hydrogens is 206 g/mol. The van der Waals surface area contributed by atoms with Crippen molar-refractivity contribution >= 4 is 0 Å². The Morgan fingerprint density at radius 2 is 1.82 bits per heavy atom.